The lowest BCUT2D eigenvalue weighted by atomic mass is 10.0. The van der Waals surface area contributed by atoms with E-state index in [2.05, 4.69) is 44.0 Å². The highest BCUT2D eigenvalue weighted by atomic mass is 16.2. The van der Waals surface area contributed by atoms with Crippen LogP contribution in [0.5, 0.6) is 0 Å². The molecule has 44 heavy (non-hydrogen) atoms. The molecule has 6 heterocycles. The predicted molar refractivity (Wildman–Crippen MR) is 165 cm³/mol. The lowest BCUT2D eigenvalue weighted by Gasteiger charge is -2.28. The number of pyridine rings is 1. The Morgan fingerprint density at radius 2 is 1.84 bits per heavy atom. The van der Waals surface area contributed by atoms with Gasteiger partial charge < -0.3 is 10.2 Å². The second kappa shape index (κ2) is 12.0. The summed E-state index contributed by atoms with van der Waals surface area (Å²) in [6.07, 6.45) is 9.96. The van der Waals surface area contributed by atoms with Gasteiger partial charge in [0.1, 0.15) is 11.9 Å². The van der Waals surface area contributed by atoms with Gasteiger partial charge in [-0.3, -0.25) is 24.0 Å². The number of fused-ring (bicyclic) bond motifs is 3. The number of aromatic nitrogens is 6. The third-order valence-corrected chi connectivity index (χ3v) is 9.38. The van der Waals surface area contributed by atoms with E-state index in [1.54, 1.807) is 11.6 Å². The van der Waals surface area contributed by atoms with E-state index in [1.807, 2.05) is 29.1 Å². The lowest BCUT2D eigenvalue weighted by Crippen LogP contribution is -2.44. The predicted octanol–water partition coefficient (Wildman–Crippen LogP) is 2.25. The SMILES string of the molecule is Cn1c(=O)n(C2CCC(=O)NC2=O)c2ccc(CCCCCCc3cn(Cc4cccc(N5C[C@H]6C[C@@H]5CN6)n4)nn3)cc21. The molecule has 1 unspecified atom stereocenters. The van der Waals surface area contributed by atoms with E-state index in [9.17, 15) is 14.4 Å². The topological polar surface area (TPSA) is 132 Å². The number of rotatable bonds is 11. The number of aryl methyl sites for hydroxylation is 3. The van der Waals surface area contributed by atoms with Gasteiger partial charge in [0.05, 0.1) is 29.0 Å². The standard InChI is InChI=1S/C32H39N9O3/c1-38-28-15-21(11-12-26(28)41(32(38)44)27-13-14-30(42)35-31(27)43)7-4-2-3-5-8-23-19-39(37-36-23)18-22-9-6-10-29(34-22)40-20-24-16-25(40)17-33-24/h6,9-12,15,19,24-25,27,33H,2-5,7-8,13-14,16-18,20H2,1H3,(H,35,42,43)/t24-,25-,27?/m1/s1. The van der Waals surface area contributed by atoms with Crippen LogP contribution in [-0.2, 0) is 36.0 Å². The van der Waals surface area contributed by atoms with Crippen molar-refractivity contribution in [2.75, 3.05) is 18.0 Å². The first-order valence-electron chi connectivity index (χ1n) is 15.8. The summed E-state index contributed by atoms with van der Waals surface area (Å²) in [6, 6.07) is 12.8. The summed E-state index contributed by atoms with van der Waals surface area (Å²) in [6.45, 7) is 2.70. The van der Waals surface area contributed by atoms with Crippen LogP contribution < -0.4 is 21.2 Å². The number of hydrogen-bond acceptors (Lipinski definition) is 8. The van der Waals surface area contributed by atoms with Crippen LogP contribution in [0.25, 0.3) is 11.0 Å². The molecule has 2 amide bonds. The van der Waals surface area contributed by atoms with Gasteiger partial charge in [0.15, 0.2) is 0 Å². The molecule has 3 aliphatic rings. The summed E-state index contributed by atoms with van der Waals surface area (Å²) in [5.74, 6) is 0.364. The maximum atomic E-state index is 13.0. The zero-order chi connectivity index (χ0) is 30.2. The van der Waals surface area contributed by atoms with Gasteiger partial charge in [0.2, 0.25) is 11.8 Å². The number of nitrogens with one attached hydrogen (secondary N) is 2. The number of piperidine rings is 1. The molecule has 2 N–H and O–H groups in total. The minimum absolute atomic E-state index is 0.236. The molecule has 7 rings (SSSR count). The smallest absolute Gasteiger partial charge is 0.329 e. The minimum Gasteiger partial charge on any atom is -0.351 e. The molecule has 0 radical (unpaired) electrons. The number of amides is 2. The summed E-state index contributed by atoms with van der Waals surface area (Å²) in [4.78, 5) is 44.3. The van der Waals surface area contributed by atoms with Crippen LogP contribution in [0.4, 0.5) is 5.82 Å². The first-order valence-corrected chi connectivity index (χ1v) is 15.8. The van der Waals surface area contributed by atoms with Gasteiger partial charge in [-0.05, 0) is 68.4 Å². The molecule has 0 saturated carbocycles. The van der Waals surface area contributed by atoms with Crippen LogP contribution in [0, 0.1) is 0 Å². The molecule has 0 spiro atoms. The number of unbranched alkanes of at least 4 members (excludes halogenated alkanes) is 3. The molecule has 12 heteroatoms. The summed E-state index contributed by atoms with van der Waals surface area (Å²) >= 11 is 0. The molecule has 3 atom stereocenters. The molecule has 12 nitrogen and oxygen atoms in total. The number of benzene rings is 1. The van der Waals surface area contributed by atoms with Crippen molar-refractivity contribution in [3.05, 3.63) is 70.0 Å². The maximum absolute atomic E-state index is 13.0. The third kappa shape index (κ3) is 5.66. The minimum atomic E-state index is -0.660. The zero-order valence-corrected chi connectivity index (χ0v) is 25.1. The normalized spacial score (nSPS) is 21.5. The molecule has 2 bridgehead atoms. The van der Waals surface area contributed by atoms with Gasteiger partial charge in [-0.25, -0.2) is 14.5 Å². The number of carbonyl (C=O) groups excluding carboxylic acids is 2. The van der Waals surface area contributed by atoms with E-state index < -0.39 is 11.9 Å². The Morgan fingerprint density at radius 1 is 0.977 bits per heavy atom. The van der Waals surface area contributed by atoms with Crippen molar-refractivity contribution < 1.29 is 9.59 Å². The summed E-state index contributed by atoms with van der Waals surface area (Å²) in [7, 11) is 1.73. The number of imidazole rings is 1. The van der Waals surface area contributed by atoms with Crippen LogP contribution in [0.15, 0.2) is 47.4 Å². The van der Waals surface area contributed by atoms with Crippen LogP contribution in [0.3, 0.4) is 0 Å². The molecule has 3 saturated heterocycles. The average molecular weight is 598 g/mol. The second-order valence-corrected chi connectivity index (χ2v) is 12.5. The highest BCUT2D eigenvalue weighted by Crippen LogP contribution is 2.28. The Bertz CT molecular complexity index is 1750. The fourth-order valence-electron chi connectivity index (χ4n) is 7.04. The van der Waals surface area contributed by atoms with Crippen molar-refractivity contribution in [2.45, 2.75) is 82.5 Å². The van der Waals surface area contributed by atoms with Gasteiger partial charge in [0.25, 0.3) is 0 Å². The van der Waals surface area contributed by atoms with E-state index in [0.717, 1.165) is 79.9 Å². The molecule has 230 valence electrons. The quantitative estimate of drug-likeness (QED) is 0.199. The van der Waals surface area contributed by atoms with Crippen LogP contribution in [0.1, 0.15) is 67.9 Å². The van der Waals surface area contributed by atoms with Crippen molar-refractivity contribution >= 4 is 28.7 Å². The molecular weight excluding hydrogens is 558 g/mol. The van der Waals surface area contributed by atoms with E-state index in [-0.39, 0.29) is 18.0 Å². The van der Waals surface area contributed by atoms with Crippen molar-refractivity contribution in [1.82, 2.24) is 39.7 Å². The highest BCUT2D eigenvalue weighted by molar-refractivity contribution is 6.00. The molecule has 4 aromatic rings. The average Bonchev–Trinajstić information content (AvgIpc) is 3.81. The fourth-order valence-corrected chi connectivity index (χ4v) is 7.04. The Labute approximate surface area is 255 Å². The summed E-state index contributed by atoms with van der Waals surface area (Å²) in [5, 5.41) is 14.6. The van der Waals surface area contributed by atoms with E-state index in [4.69, 9.17) is 4.98 Å². The third-order valence-electron chi connectivity index (χ3n) is 9.38. The van der Waals surface area contributed by atoms with Gasteiger partial charge in [-0.1, -0.05) is 30.2 Å². The number of carbonyl (C=O) groups is 2. The first kappa shape index (κ1) is 28.5. The molecule has 3 aliphatic heterocycles. The Hall–Kier alpha value is -4.32. The first-order chi connectivity index (χ1) is 21.4. The number of nitrogens with zero attached hydrogens (tertiary/aromatic N) is 7. The van der Waals surface area contributed by atoms with Gasteiger partial charge in [-0.2, -0.15) is 0 Å². The second-order valence-electron chi connectivity index (χ2n) is 12.5. The number of anilines is 1. The van der Waals surface area contributed by atoms with Crippen molar-refractivity contribution in [2.24, 2.45) is 7.05 Å². The fraction of sp³-hybridized carbons (Fsp3) is 0.500. The summed E-state index contributed by atoms with van der Waals surface area (Å²) in [5.41, 5.74) is 4.48. The van der Waals surface area contributed by atoms with Crippen LogP contribution >= 0.6 is 0 Å². The molecule has 3 aromatic heterocycles. The molecule has 3 fully saturated rings. The van der Waals surface area contributed by atoms with Crippen molar-refractivity contribution in [3.63, 3.8) is 0 Å². The number of hydrogen-bond donors (Lipinski definition) is 2. The molecular formula is C32H39N9O3. The van der Waals surface area contributed by atoms with Crippen molar-refractivity contribution in [3.8, 4) is 0 Å². The van der Waals surface area contributed by atoms with E-state index in [1.165, 1.54) is 16.6 Å². The van der Waals surface area contributed by atoms with Crippen LogP contribution in [0.2, 0.25) is 0 Å². The van der Waals surface area contributed by atoms with Gasteiger partial charge in [0, 0.05) is 44.8 Å². The lowest BCUT2D eigenvalue weighted by molar-refractivity contribution is -0.135. The van der Waals surface area contributed by atoms with Gasteiger partial charge >= 0.3 is 5.69 Å². The Balaban J connectivity index is 0.875. The maximum Gasteiger partial charge on any atom is 0.329 e. The largest absolute Gasteiger partial charge is 0.351 e. The van der Waals surface area contributed by atoms with Crippen molar-refractivity contribution in [1.29, 1.82) is 0 Å². The Morgan fingerprint density at radius 3 is 2.64 bits per heavy atom. The molecule has 0 aliphatic carbocycles. The number of imide groups is 1. The zero-order valence-electron chi connectivity index (χ0n) is 25.1. The molecule has 1 aromatic carbocycles. The van der Waals surface area contributed by atoms with E-state index in [0.29, 0.717) is 25.0 Å². The monoisotopic (exact) mass is 597 g/mol. The number of piperazine rings is 1. The summed E-state index contributed by atoms with van der Waals surface area (Å²) < 4.78 is 5.01. The van der Waals surface area contributed by atoms with Crippen LogP contribution in [-0.4, -0.2) is 66.1 Å². The highest BCUT2D eigenvalue weighted by Gasteiger charge is 2.38. The van der Waals surface area contributed by atoms with E-state index >= 15 is 0 Å². The Kier molecular flexibility index (Phi) is 7.75. The van der Waals surface area contributed by atoms with Gasteiger partial charge in [-0.15, -0.1) is 5.10 Å².